The van der Waals surface area contributed by atoms with Crippen LogP contribution in [-0.4, -0.2) is 32.3 Å². The van der Waals surface area contributed by atoms with Crippen molar-refractivity contribution in [1.82, 2.24) is 5.43 Å². The van der Waals surface area contributed by atoms with Crippen LogP contribution < -0.4 is 19.6 Å². The number of benzene rings is 3. The van der Waals surface area contributed by atoms with E-state index in [0.717, 1.165) is 10.0 Å². The third-order valence-corrected chi connectivity index (χ3v) is 4.89. The van der Waals surface area contributed by atoms with E-state index < -0.39 is 5.97 Å². The zero-order chi connectivity index (χ0) is 22.9. The summed E-state index contributed by atoms with van der Waals surface area (Å²) in [5.74, 6) is 0.379. The summed E-state index contributed by atoms with van der Waals surface area (Å²) in [6, 6.07) is 19.2. The van der Waals surface area contributed by atoms with Crippen LogP contribution in [-0.2, 0) is 11.2 Å². The molecule has 0 aliphatic carbocycles. The topological polar surface area (TPSA) is 86.2 Å². The maximum absolute atomic E-state index is 12.7. The number of esters is 1. The van der Waals surface area contributed by atoms with E-state index in [1.165, 1.54) is 26.5 Å². The standard InChI is InChI=1S/C24H21BrN2O5/c1-30-21-10-8-17(14-22(21)31-2)24(29)32-20-11-9-19(25)13-18(20)15-26-27-23(28)12-16-6-4-3-5-7-16/h3-11,13-15H,12H2,1-2H3,(H,27,28)/b26-15+. The summed E-state index contributed by atoms with van der Waals surface area (Å²) in [6.07, 6.45) is 1.63. The summed E-state index contributed by atoms with van der Waals surface area (Å²) in [5, 5.41) is 4.00. The van der Waals surface area contributed by atoms with Crippen LogP contribution in [0.2, 0.25) is 0 Å². The Morgan fingerprint density at radius 2 is 1.66 bits per heavy atom. The smallest absolute Gasteiger partial charge is 0.343 e. The average Bonchev–Trinajstić information content (AvgIpc) is 2.80. The highest BCUT2D eigenvalue weighted by atomic mass is 79.9. The van der Waals surface area contributed by atoms with Crippen LogP contribution in [0.1, 0.15) is 21.5 Å². The first-order valence-corrected chi connectivity index (χ1v) is 10.4. The molecule has 0 spiro atoms. The van der Waals surface area contributed by atoms with E-state index in [1.54, 1.807) is 30.3 Å². The van der Waals surface area contributed by atoms with Gasteiger partial charge in [0, 0.05) is 10.0 Å². The first kappa shape index (κ1) is 23.0. The Hall–Kier alpha value is -3.65. The fourth-order valence-corrected chi connectivity index (χ4v) is 3.21. The Balaban J connectivity index is 1.71. The number of rotatable bonds is 8. The maximum Gasteiger partial charge on any atom is 0.343 e. The Kier molecular flexibility index (Phi) is 7.99. The first-order valence-electron chi connectivity index (χ1n) is 9.59. The molecule has 7 nitrogen and oxygen atoms in total. The van der Waals surface area contributed by atoms with E-state index in [1.807, 2.05) is 30.3 Å². The zero-order valence-electron chi connectivity index (χ0n) is 17.5. The summed E-state index contributed by atoms with van der Waals surface area (Å²) in [5.41, 5.74) is 4.17. The number of carbonyl (C=O) groups is 2. The molecule has 0 atom stereocenters. The molecule has 0 saturated carbocycles. The molecule has 0 radical (unpaired) electrons. The number of amides is 1. The molecule has 0 bridgehead atoms. The van der Waals surface area contributed by atoms with Gasteiger partial charge in [-0.25, -0.2) is 10.2 Å². The lowest BCUT2D eigenvalue weighted by molar-refractivity contribution is -0.120. The molecule has 1 N–H and O–H groups in total. The van der Waals surface area contributed by atoms with Gasteiger partial charge in [-0.3, -0.25) is 4.79 Å². The second kappa shape index (κ2) is 11.1. The van der Waals surface area contributed by atoms with Crippen molar-refractivity contribution < 1.29 is 23.8 Å². The molecule has 8 heteroatoms. The number of ether oxygens (including phenoxy) is 3. The molecule has 0 saturated heterocycles. The monoisotopic (exact) mass is 496 g/mol. The molecule has 0 unspecified atom stereocenters. The molecule has 0 heterocycles. The molecule has 0 aliphatic heterocycles. The first-order chi connectivity index (χ1) is 15.5. The highest BCUT2D eigenvalue weighted by Crippen LogP contribution is 2.29. The van der Waals surface area contributed by atoms with Gasteiger partial charge in [-0.05, 0) is 42.0 Å². The van der Waals surface area contributed by atoms with Crippen LogP contribution in [0.5, 0.6) is 17.2 Å². The van der Waals surface area contributed by atoms with Crippen molar-refractivity contribution in [3.05, 3.63) is 87.9 Å². The molecular formula is C24H21BrN2O5. The maximum atomic E-state index is 12.7. The van der Waals surface area contributed by atoms with Gasteiger partial charge < -0.3 is 14.2 Å². The average molecular weight is 497 g/mol. The largest absolute Gasteiger partial charge is 0.493 e. The van der Waals surface area contributed by atoms with Crippen LogP contribution in [0.3, 0.4) is 0 Å². The molecule has 0 aliphatic rings. The zero-order valence-corrected chi connectivity index (χ0v) is 19.1. The van der Waals surface area contributed by atoms with Crippen molar-refractivity contribution in [3.8, 4) is 17.2 Å². The lowest BCUT2D eigenvalue weighted by Crippen LogP contribution is -2.19. The second-order valence-electron chi connectivity index (χ2n) is 6.60. The van der Waals surface area contributed by atoms with Gasteiger partial charge >= 0.3 is 5.97 Å². The van der Waals surface area contributed by atoms with E-state index in [9.17, 15) is 9.59 Å². The van der Waals surface area contributed by atoms with E-state index >= 15 is 0 Å². The summed E-state index contributed by atoms with van der Waals surface area (Å²) >= 11 is 3.39. The Morgan fingerprint density at radius 3 is 2.38 bits per heavy atom. The van der Waals surface area contributed by atoms with Crippen molar-refractivity contribution in [2.75, 3.05) is 14.2 Å². The minimum atomic E-state index is -0.573. The third-order valence-electron chi connectivity index (χ3n) is 4.39. The van der Waals surface area contributed by atoms with Gasteiger partial charge in [-0.2, -0.15) is 5.10 Å². The summed E-state index contributed by atoms with van der Waals surface area (Å²) < 4.78 is 16.7. The van der Waals surface area contributed by atoms with Gasteiger partial charge in [0.15, 0.2) is 11.5 Å². The minimum absolute atomic E-state index is 0.206. The van der Waals surface area contributed by atoms with Gasteiger partial charge in [-0.15, -0.1) is 0 Å². The quantitative estimate of drug-likeness (QED) is 0.216. The van der Waals surface area contributed by atoms with Crippen molar-refractivity contribution in [3.63, 3.8) is 0 Å². The molecule has 32 heavy (non-hydrogen) atoms. The Morgan fingerprint density at radius 1 is 0.938 bits per heavy atom. The molecule has 0 fully saturated rings. The normalized spacial score (nSPS) is 10.6. The van der Waals surface area contributed by atoms with E-state index in [0.29, 0.717) is 22.6 Å². The third kappa shape index (κ3) is 6.18. The Labute approximate surface area is 194 Å². The molecule has 1 amide bonds. The van der Waals surface area contributed by atoms with Gasteiger partial charge in [0.1, 0.15) is 5.75 Å². The number of nitrogens with one attached hydrogen (secondary N) is 1. The van der Waals surface area contributed by atoms with Gasteiger partial charge in [-0.1, -0.05) is 46.3 Å². The predicted octanol–water partition coefficient (Wildman–Crippen LogP) is 4.38. The van der Waals surface area contributed by atoms with Crippen molar-refractivity contribution in [1.29, 1.82) is 0 Å². The number of carbonyl (C=O) groups excluding carboxylic acids is 2. The minimum Gasteiger partial charge on any atom is -0.493 e. The van der Waals surface area contributed by atoms with Crippen LogP contribution in [0.25, 0.3) is 0 Å². The Bertz CT molecular complexity index is 1130. The summed E-state index contributed by atoms with van der Waals surface area (Å²) in [7, 11) is 3.00. The van der Waals surface area contributed by atoms with Gasteiger partial charge in [0.2, 0.25) is 5.91 Å². The number of hydrogen-bond donors (Lipinski definition) is 1. The molecule has 3 aromatic carbocycles. The highest BCUT2D eigenvalue weighted by molar-refractivity contribution is 9.10. The highest BCUT2D eigenvalue weighted by Gasteiger charge is 2.15. The second-order valence-corrected chi connectivity index (χ2v) is 7.51. The number of hydrogen-bond acceptors (Lipinski definition) is 6. The van der Waals surface area contributed by atoms with Crippen molar-refractivity contribution in [2.45, 2.75) is 6.42 Å². The SMILES string of the molecule is COc1ccc(C(=O)Oc2ccc(Br)cc2/C=N/NC(=O)Cc2ccccc2)cc1OC. The van der Waals surface area contributed by atoms with Crippen LogP contribution in [0.4, 0.5) is 0 Å². The van der Waals surface area contributed by atoms with Gasteiger partial charge in [0.25, 0.3) is 0 Å². The number of nitrogens with zero attached hydrogens (tertiary/aromatic N) is 1. The van der Waals surface area contributed by atoms with Crippen molar-refractivity contribution >= 4 is 34.0 Å². The number of halogens is 1. The van der Waals surface area contributed by atoms with Crippen LogP contribution in [0, 0.1) is 0 Å². The lowest BCUT2D eigenvalue weighted by Gasteiger charge is -2.11. The predicted molar refractivity (Wildman–Crippen MR) is 125 cm³/mol. The van der Waals surface area contributed by atoms with Gasteiger partial charge in [0.05, 0.1) is 32.4 Å². The number of methoxy groups -OCH3 is 2. The van der Waals surface area contributed by atoms with Crippen LogP contribution in [0.15, 0.2) is 76.3 Å². The molecule has 164 valence electrons. The molecule has 3 rings (SSSR count). The molecular weight excluding hydrogens is 476 g/mol. The van der Waals surface area contributed by atoms with E-state index in [-0.39, 0.29) is 18.1 Å². The number of hydrazone groups is 1. The van der Waals surface area contributed by atoms with E-state index in [4.69, 9.17) is 14.2 Å². The fourth-order valence-electron chi connectivity index (χ4n) is 2.83. The van der Waals surface area contributed by atoms with Crippen molar-refractivity contribution in [2.24, 2.45) is 5.10 Å². The molecule has 0 aromatic heterocycles. The summed E-state index contributed by atoms with van der Waals surface area (Å²) in [6.45, 7) is 0. The van der Waals surface area contributed by atoms with E-state index in [2.05, 4.69) is 26.5 Å². The fraction of sp³-hybridized carbons (Fsp3) is 0.125. The summed E-state index contributed by atoms with van der Waals surface area (Å²) in [4.78, 5) is 24.7. The lowest BCUT2D eigenvalue weighted by atomic mass is 10.1. The van der Waals surface area contributed by atoms with Crippen LogP contribution >= 0.6 is 15.9 Å². The molecule has 3 aromatic rings.